The Morgan fingerprint density at radius 1 is 0.535 bits per heavy atom. The molecule has 0 saturated heterocycles. The van der Waals surface area contributed by atoms with Crippen LogP contribution in [0.1, 0.15) is 5.56 Å². The largest absolute Gasteiger partial charge is 0.310 e. The van der Waals surface area contributed by atoms with Crippen molar-refractivity contribution in [3.63, 3.8) is 0 Å². The van der Waals surface area contributed by atoms with Gasteiger partial charge >= 0.3 is 0 Å². The summed E-state index contributed by atoms with van der Waals surface area (Å²) in [5.41, 5.74) is 7.31. The van der Waals surface area contributed by atoms with Crippen LogP contribution in [0.5, 0.6) is 0 Å². The zero-order valence-corrected chi connectivity index (χ0v) is 23.6. The van der Waals surface area contributed by atoms with E-state index in [1.54, 1.807) is 0 Å². The highest BCUT2D eigenvalue weighted by atomic mass is 32.1. The van der Waals surface area contributed by atoms with Crippen LogP contribution < -0.4 is 0 Å². The van der Waals surface area contributed by atoms with Crippen molar-refractivity contribution < 1.29 is 0 Å². The summed E-state index contributed by atoms with van der Waals surface area (Å²) >= 11 is 1.83. The number of para-hydroxylation sites is 2. The summed E-state index contributed by atoms with van der Waals surface area (Å²) in [6.45, 7) is 8.04. The van der Waals surface area contributed by atoms with Gasteiger partial charge in [-0.1, -0.05) is 54.6 Å². The molecule has 0 aliphatic rings. The van der Waals surface area contributed by atoms with Crippen LogP contribution in [0, 0.1) is 17.9 Å². The molecule has 0 saturated carbocycles. The maximum absolute atomic E-state index is 9.59. The van der Waals surface area contributed by atoms with E-state index in [1.807, 2.05) is 53.8 Å². The number of fused-ring (bicyclic) bond motifs is 9. The first-order valence-corrected chi connectivity index (χ1v) is 14.8. The first kappa shape index (κ1) is 23.8. The van der Waals surface area contributed by atoms with Crippen molar-refractivity contribution in [3.05, 3.63) is 138 Å². The van der Waals surface area contributed by atoms with Crippen LogP contribution >= 0.6 is 11.3 Å². The molecule has 0 atom stereocenters. The number of nitrogens with zero attached hydrogens (tertiary/aromatic N) is 4. The quantitative estimate of drug-likeness (QED) is 0.192. The van der Waals surface area contributed by atoms with E-state index < -0.39 is 0 Å². The van der Waals surface area contributed by atoms with Crippen LogP contribution in [0.4, 0.5) is 5.69 Å². The Morgan fingerprint density at radius 3 is 1.84 bits per heavy atom. The van der Waals surface area contributed by atoms with Crippen molar-refractivity contribution in [1.82, 2.24) is 9.13 Å². The Hall–Kier alpha value is -5.88. The summed E-state index contributed by atoms with van der Waals surface area (Å²) in [6.07, 6.45) is 0. The van der Waals surface area contributed by atoms with E-state index >= 15 is 0 Å². The average Bonchev–Trinajstić information content (AvgIpc) is 3.70. The van der Waals surface area contributed by atoms with Crippen LogP contribution in [-0.4, -0.2) is 9.13 Å². The van der Waals surface area contributed by atoms with E-state index in [2.05, 4.69) is 98.9 Å². The molecule has 43 heavy (non-hydrogen) atoms. The third-order valence-electron chi connectivity index (χ3n) is 8.51. The summed E-state index contributed by atoms with van der Waals surface area (Å²) in [5.74, 6) is 0. The molecule has 3 aromatic heterocycles. The lowest BCUT2D eigenvalue weighted by molar-refractivity contribution is 1.14. The predicted molar refractivity (Wildman–Crippen MR) is 179 cm³/mol. The van der Waals surface area contributed by atoms with Gasteiger partial charge in [0, 0.05) is 53.1 Å². The molecule has 0 radical (unpaired) electrons. The Morgan fingerprint density at radius 2 is 1.14 bits per heavy atom. The highest BCUT2D eigenvalue weighted by Crippen LogP contribution is 2.42. The van der Waals surface area contributed by atoms with Crippen molar-refractivity contribution >= 4 is 80.8 Å². The van der Waals surface area contributed by atoms with E-state index in [1.165, 1.54) is 30.9 Å². The molecule has 0 bridgehead atoms. The van der Waals surface area contributed by atoms with E-state index in [0.29, 0.717) is 11.3 Å². The smallest absolute Gasteiger partial charge is 0.191 e. The molecule has 4 nitrogen and oxygen atoms in total. The molecule has 3 heterocycles. The fourth-order valence-corrected chi connectivity index (χ4v) is 7.82. The van der Waals surface area contributed by atoms with Gasteiger partial charge in [-0.05, 0) is 66.7 Å². The van der Waals surface area contributed by atoms with Gasteiger partial charge in [-0.3, -0.25) is 0 Å². The number of hydrogen-bond donors (Lipinski definition) is 0. The molecule has 198 valence electrons. The molecule has 0 aliphatic carbocycles. The molecule has 0 aliphatic heterocycles. The number of hydrogen-bond acceptors (Lipinski definition) is 2. The Labute approximate surface area is 250 Å². The molecular formula is C38H20N4S. The first-order chi connectivity index (χ1) is 21.2. The van der Waals surface area contributed by atoms with Crippen LogP contribution in [-0.2, 0) is 0 Å². The lowest BCUT2D eigenvalue weighted by atomic mass is 10.1. The molecule has 0 N–H and O–H groups in total. The molecule has 9 rings (SSSR count). The molecule has 5 heteroatoms. The summed E-state index contributed by atoms with van der Waals surface area (Å²) in [5, 5.41) is 16.6. The molecule has 0 spiro atoms. The number of aromatic nitrogens is 2. The van der Waals surface area contributed by atoms with Crippen LogP contribution in [0.25, 0.3) is 80.0 Å². The Balaban J connectivity index is 1.39. The van der Waals surface area contributed by atoms with E-state index in [0.717, 1.165) is 44.2 Å². The Bertz CT molecular complexity index is 2710. The maximum atomic E-state index is 9.59. The van der Waals surface area contributed by atoms with Crippen molar-refractivity contribution in [3.8, 4) is 17.4 Å². The van der Waals surface area contributed by atoms with Crippen molar-refractivity contribution in [2.24, 2.45) is 0 Å². The fraction of sp³-hybridized carbons (Fsp3) is 0. The van der Waals surface area contributed by atoms with Gasteiger partial charge in [-0.15, -0.1) is 11.3 Å². The molecule has 0 fully saturated rings. The summed E-state index contributed by atoms with van der Waals surface area (Å²) in [4.78, 5) is 3.92. The number of benzene rings is 6. The minimum absolute atomic E-state index is 0.570. The first-order valence-electron chi connectivity index (χ1n) is 14.0. The lowest BCUT2D eigenvalue weighted by Crippen LogP contribution is -1.99. The second-order valence-corrected chi connectivity index (χ2v) is 11.9. The summed E-state index contributed by atoms with van der Waals surface area (Å²) < 4.78 is 7.07. The minimum atomic E-state index is 0.570. The van der Waals surface area contributed by atoms with E-state index in [9.17, 15) is 5.26 Å². The third-order valence-corrected chi connectivity index (χ3v) is 9.64. The van der Waals surface area contributed by atoms with Gasteiger partial charge in [0.25, 0.3) is 0 Å². The predicted octanol–water partition coefficient (Wildman–Crippen LogP) is 10.7. The minimum Gasteiger partial charge on any atom is -0.310 e. The summed E-state index contributed by atoms with van der Waals surface area (Å²) in [7, 11) is 0. The van der Waals surface area contributed by atoms with Gasteiger partial charge in [-0.2, -0.15) is 5.26 Å². The topological polar surface area (TPSA) is 38.0 Å². The van der Waals surface area contributed by atoms with E-state index in [-0.39, 0.29) is 0 Å². The van der Waals surface area contributed by atoms with Crippen molar-refractivity contribution in [2.45, 2.75) is 0 Å². The Kier molecular flexibility index (Phi) is 4.87. The van der Waals surface area contributed by atoms with Gasteiger partial charge in [0.05, 0.1) is 40.3 Å². The summed E-state index contributed by atoms with van der Waals surface area (Å²) in [6, 6.07) is 44.2. The molecular weight excluding hydrogens is 545 g/mol. The van der Waals surface area contributed by atoms with Gasteiger partial charge in [0.2, 0.25) is 0 Å². The lowest BCUT2D eigenvalue weighted by Gasteiger charge is -2.14. The fourth-order valence-electron chi connectivity index (χ4n) is 6.69. The zero-order valence-electron chi connectivity index (χ0n) is 22.7. The second-order valence-electron chi connectivity index (χ2n) is 10.8. The standard InChI is InChI=1S/C38H20N4S/c1-40-24-17-25(41-33-11-5-2-8-27(33)30-16-23(22-39)14-15-35(30)41)19-26(18-24)42-34-12-6-3-9-28(34)31-21-38-32(20-36(31)42)29-10-4-7-13-37(29)43-38/h2-21H. The average molecular weight is 565 g/mol. The molecule has 0 amide bonds. The van der Waals surface area contributed by atoms with Gasteiger partial charge in [-0.25, -0.2) is 4.85 Å². The maximum Gasteiger partial charge on any atom is 0.191 e. The molecule has 6 aromatic carbocycles. The third kappa shape index (κ3) is 3.35. The monoisotopic (exact) mass is 564 g/mol. The second kappa shape index (κ2) is 8.81. The SMILES string of the molecule is [C-]#[N+]c1cc(-n2c3ccccc3c3cc(C#N)ccc32)cc(-n2c3ccccc3c3cc4sc5ccccc5c4cc32)c1. The normalized spacial score (nSPS) is 11.7. The highest BCUT2D eigenvalue weighted by molar-refractivity contribution is 7.25. The number of nitriles is 1. The number of rotatable bonds is 2. The van der Waals surface area contributed by atoms with Crippen LogP contribution in [0.2, 0.25) is 0 Å². The van der Waals surface area contributed by atoms with Crippen molar-refractivity contribution in [1.29, 1.82) is 5.26 Å². The van der Waals surface area contributed by atoms with Crippen LogP contribution in [0.3, 0.4) is 0 Å². The van der Waals surface area contributed by atoms with E-state index in [4.69, 9.17) is 6.57 Å². The van der Waals surface area contributed by atoms with Gasteiger partial charge < -0.3 is 9.13 Å². The highest BCUT2D eigenvalue weighted by Gasteiger charge is 2.18. The number of thiophene rings is 1. The molecule has 0 unspecified atom stereocenters. The van der Waals surface area contributed by atoms with Gasteiger partial charge in [0.1, 0.15) is 0 Å². The zero-order chi connectivity index (χ0) is 28.7. The van der Waals surface area contributed by atoms with Crippen molar-refractivity contribution in [2.75, 3.05) is 0 Å². The van der Waals surface area contributed by atoms with Gasteiger partial charge in [0.15, 0.2) is 5.69 Å². The molecule has 9 aromatic rings. The van der Waals surface area contributed by atoms with Crippen LogP contribution in [0.15, 0.2) is 121 Å².